The molecule has 2 aromatic heterocycles. The van der Waals surface area contributed by atoms with Crippen LogP contribution in [0.3, 0.4) is 0 Å². The van der Waals surface area contributed by atoms with Crippen molar-refractivity contribution in [3.05, 3.63) is 66.0 Å². The molecule has 4 heteroatoms. The van der Waals surface area contributed by atoms with Crippen molar-refractivity contribution in [3.63, 3.8) is 0 Å². The molecule has 0 saturated heterocycles. The summed E-state index contributed by atoms with van der Waals surface area (Å²) in [6.07, 6.45) is 1.76. The highest BCUT2D eigenvalue weighted by molar-refractivity contribution is 7.99. The van der Waals surface area contributed by atoms with Crippen LogP contribution in [0.1, 0.15) is 11.3 Å². The van der Waals surface area contributed by atoms with Crippen molar-refractivity contribution in [1.29, 1.82) is 0 Å². The fourth-order valence-electron chi connectivity index (χ4n) is 1.90. The molecule has 3 aromatic rings. The first-order valence-electron chi connectivity index (χ1n) is 6.72. The quantitative estimate of drug-likeness (QED) is 0.721. The lowest BCUT2D eigenvalue weighted by molar-refractivity contribution is 1.05. The Labute approximate surface area is 128 Å². The number of aryl methyl sites for hydroxylation is 2. The van der Waals surface area contributed by atoms with Gasteiger partial charge in [0.05, 0.1) is 0 Å². The minimum atomic E-state index is 0.668. The maximum atomic E-state index is 4.64. The highest BCUT2D eigenvalue weighted by Crippen LogP contribution is 2.27. The van der Waals surface area contributed by atoms with Gasteiger partial charge in [-0.2, -0.15) is 0 Å². The molecule has 2 heterocycles. The zero-order valence-electron chi connectivity index (χ0n) is 11.9. The lowest BCUT2D eigenvalue weighted by atomic mass is 10.2. The van der Waals surface area contributed by atoms with Crippen molar-refractivity contribution in [2.75, 3.05) is 0 Å². The third kappa shape index (κ3) is 3.47. The van der Waals surface area contributed by atoms with Crippen molar-refractivity contribution in [1.82, 2.24) is 15.0 Å². The molecule has 104 valence electrons. The minimum Gasteiger partial charge on any atom is -0.238 e. The van der Waals surface area contributed by atoms with Gasteiger partial charge in [0.2, 0.25) is 0 Å². The van der Waals surface area contributed by atoms with E-state index in [4.69, 9.17) is 0 Å². The lowest BCUT2D eigenvalue weighted by Crippen LogP contribution is -1.93. The number of hydrogen-bond donors (Lipinski definition) is 0. The van der Waals surface area contributed by atoms with Crippen LogP contribution in [0.5, 0.6) is 0 Å². The SMILES string of the molecule is Cc1ccc(Sc2cccc(-c3nccc(C)n3)n2)cc1. The number of nitrogens with zero attached hydrogens (tertiary/aromatic N) is 3. The molecule has 0 aliphatic heterocycles. The summed E-state index contributed by atoms with van der Waals surface area (Å²) in [5, 5.41) is 0.946. The van der Waals surface area contributed by atoms with Gasteiger partial charge in [0.15, 0.2) is 5.82 Å². The molecule has 0 aliphatic rings. The van der Waals surface area contributed by atoms with Crippen LogP contribution in [0.25, 0.3) is 11.5 Å². The van der Waals surface area contributed by atoms with Crippen molar-refractivity contribution in [2.24, 2.45) is 0 Å². The molecular weight excluding hydrogens is 278 g/mol. The summed E-state index contributed by atoms with van der Waals surface area (Å²) in [6.45, 7) is 4.04. The summed E-state index contributed by atoms with van der Waals surface area (Å²) >= 11 is 1.64. The van der Waals surface area contributed by atoms with E-state index in [2.05, 4.69) is 46.1 Å². The van der Waals surface area contributed by atoms with E-state index >= 15 is 0 Å². The first-order valence-corrected chi connectivity index (χ1v) is 7.54. The normalized spacial score (nSPS) is 10.6. The number of aromatic nitrogens is 3. The Bertz CT molecular complexity index is 754. The average Bonchev–Trinajstić information content (AvgIpc) is 2.50. The first kappa shape index (κ1) is 13.8. The summed E-state index contributed by atoms with van der Waals surface area (Å²) in [5.41, 5.74) is 3.00. The second-order valence-corrected chi connectivity index (χ2v) is 5.89. The number of hydrogen-bond acceptors (Lipinski definition) is 4. The molecule has 0 radical (unpaired) electrons. The second kappa shape index (κ2) is 6.06. The minimum absolute atomic E-state index is 0.668. The van der Waals surface area contributed by atoms with Crippen molar-refractivity contribution >= 4 is 11.8 Å². The largest absolute Gasteiger partial charge is 0.238 e. The fourth-order valence-corrected chi connectivity index (χ4v) is 2.70. The molecule has 0 saturated carbocycles. The Morgan fingerprint density at radius 2 is 1.67 bits per heavy atom. The van der Waals surface area contributed by atoms with Crippen molar-refractivity contribution < 1.29 is 0 Å². The van der Waals surface area contributed by atoms with Gasteiger partial charge in [-0.3, -0.25) is 0 Å². The van der Waals surface area contributed by atoms with Gasteiger partial charge in [0.1, 0.15) is 10.7 Å². The maximum absolute atomic E-state index is 4.64. The summed E-state index contributed by atoms with van der Waals surface area (Å²) in [6, 6.07) is 16.2. The molecule has 0 unspecified atom stereocenters. The predicted molar refractivity (Wildman–Crippen MR) is 85.3 cm³/mol. The zero-order chi connectivity index (χ0) is 14.7. The summed E-state index contributed by atoms with van der Waals surface area (Å²) in [7, 11) is 0. The van der Waals surface area contributed by atoms with Crippen molar-refractivity contribution in [3.8, 4) is 11.5 Å². The Morgan fingerprint density at radius 1 is 0.857 bits per heavy atom. The van der Waals surface area contributed by atoms with Gasteiger partial charge in [0, 0.05) is 16.8 Å². The average molecular weight is 293 g/mol. The van der Waals surface area contributed by atoms with E-state index in [1.807, 2.05) is 31.2 Å². The Balaban J connectivity index is 1.88. The third-order valence-corrected chi connectivity index (χ3v) is 3.94. The van der Waals surface area contributed by atoms with Gasteiger partial charge in [-0.15, -0.1) is 0 Å². The second-order valence-electron chi connectivity index (χ2n) is 4.80. The standard InChI is InChI=1S/C17H15N3S/c1-12-6-8-14(9-7-12)21-16-5-3-4-15(20-16)17-18-11-10-13(2)19-17/h3-11H,1-2H3. The highest BCUT2D eigenvalue weighted by atomic mass is 32.2. The smallest absolute Gasteiger partial charge is 0.178 e. The molecule has 3 rings (SSSR count). The molecule has 0 atom stereocenters. The lowest BCUT2D eigenvalue weighted by Gasteiger charge is -2.04. The third-order valence-electron chi connectivity index (χ3n) is 2.99. The van der Waals surface area contributed by atoms with Gasteiger partial charge in [0.25, 0.3) is 0 Å². The number of pyridine rings is 1. The van der Waals surface area contributed by atoms with Gasteiger partial charge < -0.3 is 0 Å². The van der Waals surface area contributed by atoms with Crippen LogP contribution in [0.15, 0.2) is 64.6 Å². The molecule has 0 N–H and O–H groups in total. The van der Waals surface area contributed by atoms with Gasteiger partial charge in [-0.1, -0.05) is 35.5 Å². The molecule has 1 aromatic carbocycles. The van der Waals surface area contributed by atoms with E-state index in [9.17, 15) is 0 Å². The van der Waals surface area contributed by atoms with Gasteiger partial charge >= 0.3 is 0 Å². The van der Waals surface area contributed by atoms with Gasteiger partial charge in [-0.05, 0) is 44.2 Å². The highest BCUT2D eigenvalue weighted by Gasteiger charge is 2.05. The molecule has 0 amide bonds. The van der Waals surface area contributed by atoms with E-state index < -0.39 is 0 Å². The molecule has 0 bridgehead atoms. The predicted octanol–water partition coefficient (Wildman–Crippen LogP) is 4.31. The summed E-state index contributed by atoms with van der Waals surface area (Å²) < 4.78 is 0. The van der Waals surface area contributed by atoms with Crippen LogP contribution in [-0.4, -0.2) is 15.0 Å². The van der Waals surface area contributed by atoms with Crippen LogP contribution < -0.4 is 0 Å². The first-order chi connectivity index (χ1) is 10.2. The zero-order valence-corrected chi connectivity index (χ0v) is 12.8. The molecule has 3 nitrogen and oxygen atoms in total. The van der Waals surface area contributed by atoms with Crippen LogP contribution in [-0.2, 0) is 0 Å². The number of benzene rings is 1. The van der Waals surface area contributed by atoms with Crippen molar-refractivity contribution in [2.45, 2.75) is 23.8 Å². The topological polar surface area (TPSA) is 38.7 Å². The van der Waals surface area contributed by atoms with Gasteiger partial charge in [-0.25, -0.2) is 15.0 Å². The summed E-state index contributed by atoms with van der Waals surface area (Å²) in [5.74, 6) is 0.668. The Morgan fingerprint density at radius 3 is 2.43 bits per heavy atom. The fraction of sp³-hybridized carbons (Fsp3) is 0.118. The van der Waals surface area contributed by atoms with E-state index in [0.29, 0.717) is 5.82 Å². The van der Waals surface area contributed by atoms with E-state index in [-0.39, 0.29) is 0 Å². The molecular formula is C17H15N3S. The summed E-state index contributed by atoms with van der Waals surface area (Å²) in [4.78, 5) is 14.5. The van der Waals surface area contributed by atoms with Crippen LogP contribution in [0, 0.1) is 13.8 Å². The molecule has 0 aliphatic carbocycles. The maximum Gasteiger partial charge on any atom is 0.178 e. The van der Waals surface area contributed by atoms with E-state index in [1.165, 1.54) is 10.5 Å². The molecule has 21 heavy (non-hydrogen) atoms. The van der Waals surface area contributed by atoms with Crippen LogP contribution >= 0.6 is 11.8 Å². The van der Waals surface area contributed by atoms with Crippen LogP contribution in [0.4, 0.5) is 0 Å². The molecule has 0 fully saturated rings. The number of rotatable bonds is 3. The van der Waals surface area contributed by atoms with Crippen LogP contribution in [0.2, 0.25) is 0 Å². The van der Waals surface area contributed by atoms with E-state index in [0.717, 1.165) is 16.4 Å². The Hall–Kier alpha value is -2.20. The Kier molecular flexibility index (Phi) is 3.97. The monoisotopic (exact) mass is 293 g/mol. The van der Waals surface area contributed by atoms with E-state index in [1.54, 1.807) is 18.0 Å². The molecule has 0 spiro atoms.